The second-order valence-electron chi connectivity index (χ2n) is 4.38. The Morgan fingerprint density at radius 3 is 2.90 bits per heavy atom. The predicted octanol–water partition coefficient (Wildman–Crippen LogP) is 2.30. The highest BCUT2D eigenvalue weighted by molar-refractivity contribution is 5.94. The summed E-state index contributed by atoms with van der Waals surface area (Å²) in [6.07, 6.45) is 2.53. The highest BCUT2D eigenvalue weighted by Gasteiger charge is 2.09. The predicted molar refractivity (Wildman–Crippen MR) is 75.6 cm³/mol. The lowest BCUT2D eigenvalue weighted by molar-refractivity contribution is 0.0950. The molecule has 0 fully saturated rings. The fourth-order valence-electron chi connectivity index (χ4n) is 1.89. The second-order valence-corrected chi connectivity index (χ2v) is 4.38. The first kappa shape index (κ1) is 14.0. The molecule has 0 saturated carbocycles. The summed E-state index contributed by atoms with van der Waals surface area (Å²) in [4.78, 5) is 16.2. The number of nitrogens with one attached hydrogen (secondary N) is 1. The van der Waals surface area contributed by atoms with Gasteiger partial charge in [0.2, 0.25) is 0 Å². The molecule has 2 rings (SSSR count). The van der Waals surface area contributed by atoms with Crippen LogP contribution in [-0.4, -0.2) is 10.9 Å². The number of nitrogens with two attached hydrogens (primary N) is 1. The molecule has 0 aliphatic rings. The number of anilines is 1. The van der Waals surface area contributed by atoms with Crippen LogP contribution in [0.15, 0.2) is 36.5 Å². The van der Waals surface area contributed by atoms with Crippen LogP contribution in [0.25, 0.3) is 0 Å². The number of benzene rings is 1. The van der Waals surface area contributed by atoms with Gasteiger partial charge < -0.3 is 11.1 Å². The Hall–Kier alpha value is -2.43. The average molecular weight is 273 g/mol. The molecule has 2 aromatic rings. The van der Waals surface area contributed by atoms with Gasteiger partial charge in [-0.05, 0) is 36.2 Å². The molecule has 0 bridgehead atoms. The van der Waals surface area contributed by atoms with E-state index in [4.69, 9.17) is 5.73 Å². The number of rotatable bonds is 4. The van der Waals surface area contributed by atoms with Crippen LogP contribution in [-0.2, 0) is 13.0 Å². The summed E-state index contributed by atoms with van der Waals surface area (Å²) in [7, 11) is 0. The van der Waals surface area contributed by atoms with Gasteiger partial charge in [-0.2, -0.15) is 0 Å². The standard InChI is InChI=1S/C15H16FN3O/c1-2-10-4-3-7-18-14(10)9-19-15(20)11-5-6-13(17)12(16)8-11/h3-8H,2,9,17H2,1H3,(H,19,20). The summed E-state index contributed by atoms with van der Waals surface area (Å²) in [5, 5.41) is 2.73. The van der Waals surface area contributed by atoms with Crippen LogP contribution >= 0.6 is 0 Å². The molecule has 1 aromatic carbocycles. The number of carbonyl (C=O) groups is 1. The maximum Gasteiger partial charge on any atom is 0.251 e. The topological polar surface area (TPSA) is 68.0 Å². The maximum atomic E-state index is 13.3. The molecule has 0 spiro atoms. The molecule has 20 heavy (non-hydrogen) atoms. The van der Waals surface area contributed by atoms with E-state index >= 15 is 0 Å². The van der Waals surface area contributed by atoms with Gasteiger partial charge in [-0.1, -0.05) is 13.0 Å². The van der Waals surface area contributed by atoms with Gasteiger partial charge >= 0.3 is 0 Å². The lowest BCUT2D eigenvalue weighted by atomic mass is 10.1. The van der Waals surface area contributed by atoms with Crippen LogP contribution in [0, 0.1) is 5.82 Å². The fraction of sp³-hybridized carbons (Fsp3) is 0.200. The number of amides is 1. The normalized spacial score (nSPS) is 10.3. The summed E-state index contributed by atoms with van der Waals surface area (Å²) in [6, 6.07) is 7.83. The SMILES string of the molecule is CCc1cccnc1CNC(=O)c1ccc(N)c(F)c1. The molecule has 1 aromatic heterocycles. The number of carbonyl (C=O) groups excluding carboxylic acids is 1. The van der Waals surface area contributed by atoms with E-state index in [1.165, 1.54) is 12.1 Å². The molecule has 5 heteroatoms. The van der Waals surface area contributed by atoms with Crippen LogP contribution < -0.4 is 11.1 Å². The van der Waals surface area contributed by atoms with Crippen LogP contribution in [0.1, 0.15) is 28.5 Å². The van der Waals surface area contributed by atoms with Gasteiger partial charge in [0.15, 0.2) is 0 Å². The molecule has 0 atom stereocenters. The summed E-state index contributed by atoms with van der Waals surface area (Å²) >= 11 is 0. The van der Waals surface area contributed by atoms with Crippen molar-refractivity contribution < 1.29 is 9.18 Å². The smallest absolute Gasteiger partial charge is 0.251 e. The van der Waals surface area contributed by atoms with Gasteiger partial charge in [0, 0.05) is 11.8 Å². The van der Waals surface area contributed by atoms with Crippen LogP contribution in [0.2, 0.25) is 0 Å². The van der Waals surface area contributed by atoms with Gasteiger partial charge in [-0.25, -0.2) is 4.39 Å². The first-order valence-electron chi connectivity index (χ1n) is 6.37. The molecular weight excluding hydrogens is 257 g/mol. The number of nitrogens with zero attached hydrogens (tertiary/aromatic N) is 1. The zero-order valence-electron chi connectivity index (χ0n) is 11.2. The number of nitrogen functional groups attached to an aromatic ring is 1. The van der Waals surface area contributed by atoms with Gasteiger partial charge in [-0.15, -0.1) is 0 Å². The Kier molecular flexibility index (Phi) is 4.30. The number of hydrogen-bond donors (Lipinski definition) is 2. The lowest BCUT2D eigenvalue weighted by Crippen LogP contribution is -2.24. The van der Waals surface area contributed by atoms with E-state index in [0.717, 1.165) is 23.7 Å². The zero-order valence-corrected chi connectivity index (χ0v) is 11.2. The molecule has 0 radical (unpaired) electrons. The van der Waals surface area contributed by atoms with Crippen molar-refractivity contribution >= 4 is 11.6 Å². The molecule has 3 N–H and O–H groups in total. The van der Waals surface area contributed by atoms with Crippen molar-refractivity contribution in [2.75, 3.05) is 5.73 Å². The quantitative estimate of drug-likeness (QED) is 0.840. The Labute approximate surface area is 116 Å². The Balaban J connectivity index is 2.06. The summed E-state index contributed by atoms with van der Waals surface area (Å²) in [5.74, 6) is -0.943. The molecular formula is C15H16FN3O. The van der Waals surface area contributed by atoms with Crippen LogP contribution in [0.3, 0.4) is 0 Å². The van der Waals surface area contributed by atoms with Crippen molar-refractivity contribution in [3.8, 4) is 0 Å². The van der Waals surface area contributed by atoms with Gasteiger partial charge in [0.1, 0.15) is 5.82 Å². The van der Waals surface area contributed by atoms with E-state index in [1.807, 2.05) is 19.1 Å². The van der Waals surface area contributed by atoms with Crippen molar-refractivity contribution in [2.24, 2.45) is 0 Å². The molecule has 1 amide bonds. The molecule has 0 unspecified atom stereocenters. The van der Waals surface area contributed by atoms with Crippen molar-refractivity contribution in [2.45, 2.75) is 19.9 Å². The average Bonchev–Trinajstić information content (AvgIpc) is 2.47. The van der Waals surface area contributed by atoms with Crippen LogP contribution in [0.4, 0.5) is 10.1 Å². The highest BCUT2D eigenvalue weighted by atomic mass is 19.1. The summed E-state index contributed by atoms with van der Waals surface area (Å²) < 4.78 is 13.3. The lowest BCUT2D eigenvalue weighted by Gasteiger charge is -2.08. The zero-order chi connectivity index (χ0) is 14.5. The van der Waals surface area contributed by atoms with Crippen molar-refractivity contribution in [1.29, 1.82) is 0 Å². The Morgan fingerprint density at radius 2 is 2.20 bits per heavy atom. The molecule has 4 nitrogen and oxygen atoms in total. The monoisotopic (exact) mass is 273 g/mol. The Bertz CT molecular complexity index is 628. The minimum atomic E-state index is -0.593. The highest BCUT2D eigenvalue weighted by Crippen LogP contribution is 2.12. The summed E-state index contributed by atoms with van der Waals surface area (Å²) in [6.45, 7) is 2.34. The molecule has 1 heterocycles. The van der Waals surface area contributed by atoms with E-state index in [-0.39, 0.29) is 17.2 Å². The van der Waals surface area contributed by atoms with E-state index in [2.05, 4.69) is 10.3 Å². The van der Waals surface area contributed by atoms with Crippen molar-refractivity contribution in [3.05, 3.63) is 59.2 Å². The number of pyridine rings is 1. The maximum absolute atomic E-state index is 13.3. The van der Waals surface area contributed by atoms with Gasteiger partial charge in [0.25, 0.3) is 5.91 Å². The Morgan fingerprint density at radius 1 is 1.40 bits per heavy atom. The number of aryl methyl sites for hydroxylation is 1. The van der Waals surface area contributed by atoms with Crippen molar-refractivity contribution in [1.82, 2.24) is 10.3 Å². The number of halogens is 1. The number of hydrogen-bond acceptors (Lipinski definition) is 3. The molecule has 104 valence electrons. The minimum absolute atomic E-state index is 0.0274. The molecule has 0 saturated heterocycles. The van der Waals surface area contributed by atoms with E-state index in [0.29, 0.717) is 6.54 Å². The molecule has 0 aliphatic heterocycles. The third-order valence-electron chi connectivity index (χ3n) is 3.04. The minimum Gasteiger partial charge on any atom is -0.396 e. The molecule has 0 aliphatic carbocycles. The third kappa shape index (κ3) is 3.12. The number of aromatic nitrogens is 1. The van der Waals surface area contributed by atoms with Crippen LogP contribution in [0.5, 0.6) is 0 Å². The van der Waals surface area contributed by atoms with E-state index < -0.39 is 5.82 Å². The van der Waals surface area contributed by atoms with E-state index in [1.54, 1.807) is 6.20 Å². The largest absolute Gasteiger partial charge is 0.396 e. The van der Waals surface area contributed by atoms with E-state index in [9.17, 15) is 9.18 Å². The first-order chi connectivity index (χ1) is 9.61. The second kappa shape index (κ2) is 6.14. The fourth-order valence-corrected chi connectivity index (χ4v) is 1.89. The van der Waals surface area contributed by atoms with Crippen molar-refractivity contribution in [3.63, 3.8) is 0 Å². The van der Waals surface area contributed by atoms with Gasteiger partial charge in [-0.3, -0.25) is 9.78 Å². The first-order valence-corrected chi connectivity index (χ1v) is 6.37. The third-order valence-corrected chi connectivity index (χ3v) is 3.04. The summed E-state index contributed by atoms with van der Waals surface area (Å²) in [5.41, 5.74) is 7.54. The van der Waals surface area contributed by atoms with Gasteiger partial charge in [0.05, 0.1) is 17.9 Å².